The highest BCUT2D eigenvalue weighted by molar-refractivity contribution is 6.33. The number of carbonyl (C=O) groups excluding carboxylic acids is 4. The van der Waals surface area contributed by atoms with E-state index in [1.54, 1.807) is 0 Å². The lowest BCUT2D eigenvalue weighted by atomic mass is 9.85. The molecule has 0 radical (unpaired) electrons. The summed E-state index contributed by atoms with van der Waals surface area (Å²) >= 11 is 6.95. The number of benzene rings is 2. The molecule has 0 spiro atoms. The van der Waals surface area contributed by atoms with Crippen LogP contribution in [0.4, 0.5) is 0 Å². The third kappa shape index (κ3) is 7.90. The smallest absolute Gasteiger partial charge is 0.303 e. The van der Waals surface area contributed by atoms with Crippen LogP contribution in [-0.4, -0.2) is 61.5 Å². The normalized spacial score (nSPS) is 22.8. The van der Waals surface area contributed by atoms with Gasteiger partial charge in [-0.1, -0.05) is 55.8 Å². The molecule has 0 amide bonds. The van der Waals surface area contributed by atoms with Gasteiger partial charge >= 0.3 is 23.9 Å². The number of ether oxygens (including phenoxy) is 6. The molecule has 0 bridgehead atoms. The topological polar surface area (TPSA) is 124 Å². The Kier molecular flexibility index (Phi) is 10.9. The average Bonchev–Trinajstić information content (AvgIpc) is 2.95. The predicted octanol–water partition coefficient (Wildman–Crippen LogP) is 5.18. The number of halogens is 1. The zero-order chi connectivity index (χ0) is 32.1. The molecule has 2 aliphatic rings. The van der Waals surface area contributed by atoms with Crippen molar-refractivity contribution in [2.75, 3.05) is 13.2 Å². The highest BCUT2D eigenvalue weighted by Crippen LogP contribution is 2.46. The summed E-state index contributed by atoms with van der Waals surface area (Å²) in [5, 5.41) is 0.474. The van der Waals surface area contributed by atoms with Crippen molar-refractivity contribution in [3.05, 3.63) is 63.2 Å². The van der Waals surface area contributed by atoms with Crippen LogP contribution >= 0.6 is 11.6 Å². The third-order valence-corrected chi connectivity index (χ3v) is 8.00. The zero-order valence-electron chi connectivity index (χ0n) is 25.8. The van der Waals surface area contributed by atoms with Gasteiger partial charge in [0.1, 0.15) is 24.6 Å². The molecule has 10 nitrogen and oxygen atoms in total. The Bertz CT molecular complexity index is 1390. The van der Waals surface area contributed by atoms with Gasteiger partial charge in [0.2, 0.25) is 0 Å². The molecule has 2 aromatic rings. The Balaban J connectivity index is 1.86. The summed E-state index contributed by atoms with van der Waals surface area (Å²) in [4.78, 5) is 48.7. The minimum Gasteiger partial charge on any atom is -0.492 e. The molecular formula is C33H39ClO10. The molecule has 2 heterocycles. The first-order valence-corrected chi connectivity index (χ1v) is 15.1. The summed E-state index contributed by atoms with van der Waals surface area (Å²) in [6.07, 6.45) is -4.04. The Morgan fingerprint density at radius 1 is 0.886 bits per heavy atom. The molecule has 4 rings (SSSR count). The van der Waals surface area contributed by atoms with Crippen LogP contribution in [0.3, 0.4) is 0 Å². The third-order valence-electron chi connectivity index (χ3n) is 7.59. The summed E-state index contributed by atoms with van der Waals surface area (Å²) in [7, 11) is 0. The summed E-state index contributed by atoms with van der Waals surface area (Å²) in [5.74, 6) is -1.72. The lowest BCUT2D eigenvalue weighted by molar-refractivity contribution is -0.254. The van der Waals surface area contributed by atoms with Crippen LogP contribution in [-0.2, 0) is 55.7 Å². The molecule has 44 heavy (non-hydrogen) atoms. The fraction of sp³-hybridized carbons (Fsp3) is 0.515. The summed E-state index contributed by atoms with van der Waals surface area (Å²) in [6, 6.07) is 10.2. The number of fused-ring (bicyclic) bond motifs is 1. The first kappa shape index (κ1) is 33.3. The van der Waals surface area contributed by atoms with Crippen LogP contribution in [0.2, 0.25) is 5.02 Å². The van der Waals surface area contributed by atoms with Crippen molar-refractivity contribution in [2.24, 2.45) is 0 Å². The van der Waals surface area contributed by atoms with Gasteiger partial charge in [-0.2, -0.15) is 0 Å². The molecular weight excluding hydrogens is 592 g/mol. The van der Waals surface area contributed by atoms with Crippen LogP contribution in [0.5, 0.6) is 5.75 Å². The largest absolute Gasteiger partial charge is 0.492 e. The van der Waals surface area contributed by atoms with E-state index in [-0.39, 0.29) is 6.61 Å². The number of rotatable bonds is 9. The fourth-order valence-electron chi connectivity index (χ4n) is 5.68. The van der Waals surface area contributed by atoms with E-state index in [1.807, 2.05) is 6.07 Å². The minimum absolute atomic E-state index is 0.310. The maximum Gasteiger partial charge on any atom is 0.303 e. The number of hydrogen-bond acceptors (Lipinski definition) is 10. The Hall–Kier alpha value is -3.63. The second-order valence-electron chi connectivity index (χ2n) is 11.4. The van der Waals surface area contributed by atoms with Crippen molar-refractivity contribution < 1.29 is 47.6 Å². The number of hydrogen-bond donors (Lipinski definition) is 0. The van der Waals surface area contributed by atoms with E-state index < -0.39 is 54.4 Å². The molecule has 2 aromatic carbocycles. The van der Waals surface area contributed by atoms with Crippen molar-refractivity contribution in [2.45, 2.75) is 97.2 Å². The van der Waals surface area contributed by atoms with E-state index >= 15 is 0 Å². The zero-order valence-corrected chi connectivity index (χ0v) is 26.6. The van der Waals surface area contributed by atoms with Gasteiger partial charge in [0.05, 0.1) is 11.6 Å². The van der Waals surface area contributed by atoms with Crippen LogP contribution in [0.25, 0.3) is 0 Å². The van der Waals surface area contributed by atoms with Crippen molar-refractivity contribution in [1.82, 2.24) is 0 Å². The predicted molar refractivity (Wildman–Crippen MR) is 160 cm³/mol. The molecule has 238 valence electrons. The van der Waals surface area contributed by atoms with Gasteiger partial charge < -0.3 is 28.4 Å². The SMILES string of the molecule is CC(=O)OC[C@H]1O[C@@H](c2cc(Cc3ccc(C(C)C)cc3)c(Cl)c3c2CCCO3)[C@H](OC(C)=O)[C@@H](OC(C)=O)[C@@H]1OC(C)=O. The van der Waals surface area contributed by atoms with Crippen molar-refractivity contribution in [3.63, 3.8) is 0 Å². The second kappa shape index (κ2) is 14.4. The molecule has 5 atom stereocenters. The molecule has 1 saturated heterocycles. The fourth-order valence-corrected chi connectivity index (χ4v) is 5.97. The van der Waals surface area contributed by atoms with E-state index in [1.165, 1.54) is 33.3 Å². The number of carbonyl (C=O) groups is 4. The highest BCUT2D eigenvalue weighted by Gasteiger charge is 2.53. The van der Waals surface area contributed by atoms with E-state index in [4.69, 9.17) is 40.0 Å². The van der Waals surface area contributed by atoms with Crippen molar-refractivity contribution >= 4 is 35.5 Å². The molecule has 0 unspecified atom stereocenters. The molecule has 0 saturated carbocycles. The van der Waals surface area contributed by atoms with Crippen LogP contribution in [0, 0.1) is 0 Å². The van der Waals surface area contributed by atoms with Crippen LogP contribution in [0.15, 0.2) is 30.3 Å². The van der Waals surface area contributed by atoms with E-state index in [0.29, 0.717) is 48.1 Å². The molecule has 0 aliphatic carbocycles. The van der Waals surface area contributed by atoms with Gasteiger partial charge in [-0.05, 0) is 47.4 Å². The van der Waals surface area contributed by atoms with Crippen molar-refractivity contribution in [3.8, 4) is 5.75 Å². The van der Waals surface area contributed by atoms with Gasteiger partial charge in [0.25, 0.3) is 0 Å². The maximum atomic E-state index is 12.4. The lowest BCUT2D eigenvalue weighted by Crippen LogP contribution is -2.59. The quantitative estimate of drug-likeness (QED) is 0.270. The molecule has 11 heteroatoms. The van der Waals surface area contributed by atoms with Gasteiger partial charge in [-0.3, -0.25) is 19.2 Å². The Morgan fingerprint density at radius 2 is 1.50 bits per heavy atom. The standard InChI is InChI=1S/C33H39ClO10/c1-17(2)23-11-9-22(10-12-23)14-24-15-26(25-8-7-13-39-29(25)28(24)34)30-32(42-20(5)37)33(43-21(6)38)31(41-19(4)36)27(44-30)16-40-18(3)35/h9-12,15,17,27,30-33H,7-8,13-14,16H2,1-6H3/t27-,30+,31-,32+,33+/m1/s1. The van der Waals surface area contributed by atoms with E-state index in [0.717, 1.165) is 16.7 Å². The van der Waals surface area contributed by atoms with Crippen LogP contribution in [0.1, 0.15) is 87.8 Å². The number of esters is 4. The first-order valence-electron chi connectivity index (χ1n) is 14.7. The van der Waals surface area contributed by atoms with E-state index in [2.05, 4.69) is 38.1 Å². The van der Waals surface area contributed by atoms with Gasteiger partial charge in [-0.25, -0.2) is 0 Å². The summed E-state index contributed by atoms with van der Waals surface area (Å²) in [5.41, 5.74) is 4.38. The lowest BCUT2D eigenvalue weighted by Gasteiger charge is -2.45. The van der Waals surface area contributed by atoms with Crippen molar-refractivity contribution in [1.29, 1.82) is 0 Å². The Morgan fingerprint density at radius 3 is 2.09 bits per heavy atom. The van der Waals surface area contributed by atoms with Gasteiger partial charge in [0.15, 0.2) is 18.3 Å². The minimum atomic E-state index is -1.28. The van der Waals surface area contributed by atoms with Gasteiger partial charge in [-0.15, -0.1) is 0 Å². The molecule has 0 aromatic heterocycles. The average molecular weight is 631 g/mol. The maximum absolute atomic E-state index is 12.4. The summed E-state index contributed by atoms with van der Waals surface area (Å²) < 4.78 is 34.8. The Labute approximate surface area is 262 Å². The molecule has 1 fully saturated rings. The monoisotopic (exact) mass is 630 g/mol. The highest BCUT2D eigenvalue weighted by atomic mass is 35.5. The van der Waals surface area contributed by atoms with Crippen LogP contribution < -0.4 is 4.74 Å². The van der Waals surface area contributed by atoms with E-state index in [9.17, 15) is 19.2 Å². The summed E-state index contributed by atoms with van der Waals surface area (Å²) in [6.45, 7) is 9.26. The first-order chi connectivity index (χ1) is 20.8. The van der Waals surface area contributed by atoms with Gasteiger partial charge in [0, 0.05) is 33.3 Å². The molecule has 2 aliphatic heterocycles. The second-order valence-corrected chi connectivity index (χ2v) is 11.8. The molecule has 0 N–H and O–H groups in total.